The molecule has 770 valence electrons. The van der Waals surface area contributed by atoms with E-state index in [0.29, 0.717) is 38.5 Å². The molecule has 9 atom stereocenters. The molecular weight excluding hydrogens is 2010 g/mol. The van der Waals surface area contributed by atoms with E-state index in [9.17, 15) is 107 Å². The number of rotatable bonds is 23. The van der Waals surface area contributed by atoms with Gasteiger partial charge in [-0.1, -0.05) is 159 Å². The van der Waals surface area contributed by atoms with Gasteiger partial charge in [-0.15, -0.1) is 0 Å². The van der Waals surface area contributed by atoms with Crippen LogP contribution in [0.25, 0.3) is 25.1 Å². The highest BCUT2D eigenvalue weighted by molar-refractivity contribution is 7.97. The third kappa shape index (κ3) is 25.8. The number of ether oxygens (including phenoxy) is 7. The average Bonchev–Trinajstić information content (AvgIpc) is 1.53. The number of carbonyl (C=O) groups is 6. The fourth-order valence-electron chi connectivity index (χ4n) is 23.6. The Balaban J connectivity index is 0.000000132. The van der Waals surface area contributed by atoms with E-state index < -0.39 is 153 Å². The first-order valence-corrected chi connectivity index (χ1v) is 55.5. The van der Waals surface area contributed by atoms with E-state index in [1.165, 1.54) is 75.2 Å². The number of halogens is 9. The number of fused-ring (bicyclic) bond motifs is 5. The van der Waals surface area contributed by atoms with Gasteiger partial charge in [-0.2, -0.15) is 39.5 Å². The Morgan fingerprint density at radius 3 is 0.862 bits per heavy atom. The summed E-state index contributed by atoms with van der Waals surface area (Å²) in [5.74, 6) is -9.23. The predicted molar refractivity (Wildman–Crippen MR) is 522 cm³/mol. The van der Waals surface area contributed by atoms with Gasteiger partial charge in [-0.05, 0) is 262 Å². The lowest BCUT2D eigenvalue weighted by atomic mass is 9.48. The van der Waals surface area contributed by atoms with E-state index in [4.69, 9.17) is 18.9 Å². The molecule has 0 radical (unpaired) electrons. The maximum atomic E-state index is 13.2. The number of para-hydroxylation sites is 2. The number of hydrogen-bond donors (Lipinski definition) is 0. The van der Waals surface area contributed by atoms with Crippen LogP contribution in [-0.2, 0) is 109 Å². The molecule has 22 nitrogen and oxygen atoms in total. The average molecular weight is 2120 g/mol. The molecule has 1 aliphatic heterocycles. The second-order valence-corrected chi connectivity index (χ2v) is 50.0. The van der Waals surface area contributed by atoms with Crippen LogP contribution in [0.3, 0.4) is 0 Å². The first kappa shape index (κ1) is 108. The molecule has 0 N–H and O–H groups in total. The lowest BCUT2D eigenvalue weighted by molar-refractivity contribution is -0.237. The van der Waals surface area contributed by atoms with Crippen molar-refractivity contribution in [1.29, 1.82) is 0 Å². The minimum absolute atomic E-state index is 0.0134. The first-order chi connectivity index (χ1) is 68.2. The Morgan fingerprint density at radius 1 is 0.359 bits per heavy atom. The summed E-state index contributed by atoms with van der Waals surface area (Å²) in [6.07, 6.45) is -17.6. The molecule has 9 unspecified atom stereocenters. The maximum absolute atomic E-state index is 13.2. The fraction of sp³-hybridized carbons (Fsp3) is 0.389. The van der Waals surface area contributed by atoms with Crippen LogP contribution in [0, 0.1) is 51.8 Å². The van der Waals surface area contributed by atoms with Gasteiger partial charge in [-0.25, -0.2) is 39.6 Å². The lowest BCUT2D eigenvalue weighted by Crippen LogP contribution is -2.60. The largest absolute Gasteiger partial charge is 0.748 e. The molecule has 12 bridgehead atoms. The van der Waals surface area contributed by atoms with Crippen LogP contribution in [0.4, 0.5) is 39.5 Å². The highest BCUT2D eigenvalue weighted by Crippen LogP contribution is 2.67. The van der Waals surface area contributed by atoms with Crippen molar-refractivity contribution in [1.82, 2.24) is 0 Å². The number of carbonyl (C=O) groups excluding carboxylic acids is 6. The van der Waals surface area contributed by atoms with E-state index in [-0.39, 0.29) is 142 Å². The topological polar surface area (TPSA) is 339 Å². The van der Waals surface area contributed by atoms with E-state index >= 15 is 0 Å². The van der Waals surface area contributed by atoms with Gasteiger partial charge in [0, 0.05) is 57.2 Å². The molecule has 9 aromatic carbocycles. The van der Waals surface area contributed by atoms with Crippen LogP contribution in [0.15, 0.2) is 315 Å². The van der Waals surface area contributed by atoms with Crippen molar-refractivity contribution in [3.05, 3.63) is 285 Å². The Kier molecular flexibility index (Phi) is 32.0. The molecular formula is C108H107F9O22S6. The van der Waals surface area contributed by atoms with Crippen LogP contribution in [0.5, 0.6) is 11.5 Å². The van der Waals surface area contributed by atoms with Crippen LogP contribution in [0.1, 0.15) is 136 Å². The zero-order valence-corrected chi connectivity index (χ0v) is 84.1. The van der Waals surface area contributed by atoms with Gasteiger partial charge >= 0.3 is 54.3 Å². The predicted octanol–water partition coefficient (Wildman–Crippen LogP) is 22.8. The summed E-state index contributed by atoms with van der Waals surface area (Å²) in [6.45, 7) is 15.0. The highest BCUT2D eigenvalue weighted by Gasteiger charge is 2.68. The van der Waals surface area contributed by atoms with Crippen molar-refractivity contribution < 1.29 is 140 Å². The van der Waals surface area contributed by atoms with Gasteiger partial charge in [0.2, 0.25) is 28.1 Å². The molecule has 0 saturated heterocycles. The Bertz CT molecular complexity index is 6290. The number of alkyl halides is 9. The normalized spacial score (nSPS) is 25.4. The SMILES string of the molecule is C=C(C)C(=O)OC12CC3CC(C1)CC(C(=O)OC(CS(=O)(=O)[O-])C(F)(F)F)(C3)C2.C=C(C)C(=O)OC12CC3CC(C1)CC(C(=O)OC(CS(=O)(=O)[O-])C(F)(F)F)(C3)C2.C=C(C)C(=O)OC12CC3CC(C1)CC(C(=O)OC(CS(=O)(=O)[O-])C(F)(F)F)(C3)C2.c1ccc(-[s+]2c3ccccc3c3ccccc32)cc1.c1ccc([S+](c2ccccc2)c2ccccc2)cc1.c1ccc([S+]2c3ccccc3Oc3ccccc32)cc1. The van der Waals surface area contributed by atoms with E-state index in [0.717, 1.165) is 30.8 Å². The summed E-state index contributed by atoms with van der Waals surface area (Å²) >= 11 is 0. The van der Waals surface area contributed by atoms with Crippen LogP contribution < -0.4 is 4.74 Å². The number of thiophene rings is 1. The fourth-order valence-corrected chi connectivity index (χ4v) is 32.2. The Hall–Kier alpha value is -11.2. The lowest BCUT2D eigenvalue weighted by Gasteiger charge is -2.59. The third-order valence-electron chi connectivity index (χ3n) is 28.0. The third-order valence-corrected chi connectivity index (χ3v) is 37.0. The van der Waals surface area contributed by atoms with Crippen molar-refractivity contribution in [2.45, 2.75) is 219 Å². The molecule has 10 aromatic rings. The van der Waals surface area contributed by atoms with Gasteiger partial charge in [0.05, 0.1) is 74.8 Å². The van der Waals surface area contributed by atoms with Crippen molar-refractivity contribution in [3.63, 3.8) is 0 Å². The van der Waals surface area contributed by atoms with Gasteiger partial charge in [0.1, 0.15) is 27.7 Å². The number of benzene rings is 9. The van der Waals surface area contributed by atoms with Crippen LogP contribution in [-0.4, -0.2) is 146 Å². The molecule has 0 spiro atoms. The molecule has 23 rings (SSSR count). The number of hydrogen-bond acceptors (Lipinski definition) is 22. The Labute approximate surface area is 843 Å². The first-order valence-electron chi connectivity index (χ1n) is 47.1. The minimum Gasteiger partial charge on any atom is -0.748 e. The smallest absolute Gasteiger partial charge is 0.426 e. The number of esters is 6. The van der Waals surface area contributed by atoms with Gasteiger partial charge in [0.15, 0.2) is 45.4 Å². The summed E-state index contributed by atoms with van der Waals surface area (Å²) in [6, 6.07) is 87.9. The molecule has 12 saturated carbocycles. The molecule has 12 fully saturated rings. The molecule has 2 heterocycles. The summed E-state index contributed by atoms with van der Waals surface area (Å²) in [5, 5.41) is 2.79. The van der Waals surface area contributed by atoms with E-state index in [2.05, 4.69) is 258 Å². The monoisotopic (exact) mass is 2120 g/mol. The molecule has 37 heteroatoms. The van der Waals surface area contributed by atoms with Crippen molar-refractivity contribution in [2.24, 2.45) is 51.8 Å². The van der Waals surface area contributed by atoms with Crippen LogP contribution in [0.2, 0.25) is 0 Å². The minimum atomic E-state index is -5.27. The van der Waals surface area contributed by atoms with Crippen molar-refractivity contribution >= 4 is 119 Å². The quantitative estimate of drug-likeness (QED) is 0.0143. The molecule has 13 aliphatic rings. The summed E-state index contributed by atoms with van der Waals surface area (Å²) in [4.78, 5) is 84.0. The van der Waals surface area contributed by atoms with E-state index in [1.54, 1.807) is 0 Å². The molecule has 145 heavy (non-hydrogen) atoms. The summed E-state index contributed by atoms with van der Waals surface area (Å²) in [5.41, 5.74) is -6.28. The van der Waals surface area contributed by atoms with Gasteiger partial charge in [0.25, 0.3) is 0 Å². The zero-order valence-electron chi connectivity index (χ0n) is 79.2. The van der Waals surface area contributed by atoms with Crippen LogP contribution >= 0.6 is 10.5 Å². The maximum Gasteiger partial charge on any atom is 0.426 e. The Morgan fingerprint density at radius 2 is 0.600 bits per heavy atom. The zero-order chi connectivity index (χ0) is 104. The highest BCUT2D eigenvalue weighted by atomic mass is 32.2. The van der Waals surface area contributed by atoms with Gasteiger partial charge in [-0.3, -0.25) is 14.4 Å². The second kappa shape index (κ2) is 43.0. The molecule has 1 aromatic heterocycles. The van der Waals surface area contributed by atoms with E-state index in [1.807, 2.05) is 24.3 Å². The second-order valence-electron chi connectivity index (χ2n) is 39.7. The van der Waals surface area contributed by atoms with Crippen molar-refractivity contribution in [2.75, 3.05) is 17.3 Å². The van der Waals surface area contributed by atoms with Gasteiger partial charge < -0.3 is 46.8 Å². The molecule has 12 aliphatic carbocycles. The van der Waals surface area contributed by atoms with Crippen molar-refractivity contribution in [3.8, 4) is 16.4 Å². The molecule has 0 amide bonds. The summed E-state index contributed by atoms with van der Waals surface area (Å²) in [7, 11) is -15.9. The standard InChI is InChI=1S/3C18H23F3O7S.C18H13OS.C18H13S.C18H15S/c3*1-10(2)14(22)28-17-6-11-3-12(7-17)5-16(4-11,9-17)15(23)27-13(18(19,20)21)8-29(24,25)26;1-2-8-14(9-3-1)20-17-12-6-4-10-15(17)19-16-11-5-7-13-18(16)20;1-2-8-14(9-3-1)19-17-12-6-4-10-15(17)16-11-5-7-13-18(16)19;1-4-10-16(11-5-1)19(17-12-6-2-7-13-17)18-14-8-3-9-15-18/h3*11-13H,1,3-9H2,2H3,(H,24,25,26);1-13H;1-13H;1-15H/q;;;3*+1/p-3. The summed E-state index contributed by atoms with van der Waals surface area (Å²) < 4.78 is 256.